The molecule has 0 aromatic rings. The van der Waals surface area contributed by atoms with Crippen LogP contribution in [0.4, 0.5) is 0 Å². The van der Waals surface area contributed by atoms with Crippen molar-refractivity contribution in [2.45, 2.75) is 232 Å². The fourth-order valence-corrected chi connectivity index (χ4v) is 11.1. The van der Waals surface area contributed by atoms with Gasteiger partial charge in [-0.3, -0.25) is 28.3 Å². The van der Waals surface area contributed by atoms with Crippen LogP contribution in [0, 0.1) is 0 Å². The first-order chi connectivity index (χ1) is 30.2. The normalized spacial score (nSPS) is 24.7. The third-order valence-corrected chi connectivity index (χ3v) is 14.4. The molecular weight excluding hydrogens is 924 g/mol. The van der Waals surface area contributed by atoms with Gasteiger partial charge < -0.3 is 56.8 Å². The minimum atomic E-state index is -4.27. The number of nitrogens with zero attached hydrogens (tertiary/aromatic N) is 4. The summed E-state index contributed by atoms with van der Waals surface area (Å²) in [5.74, 6) is -0.0600. The standard InChI is InChI=1S/C9H25N3O6P2.4C9H17NO2/c10-4-5-11-6-7-12-9(20(16,17)18)3-1-2-8-19(13,14)15;4*1-8(2)5-7(11)6-9(3,4)10(8)12/h9,11-12H,1-8,10H2,(H2,13,14,15)(H2,16,17,18);4*12H,5-6H2,1-4H3. The molecule has 0 saturated carbocycles. The van der Waals surface area contributed by atoms with E-state index in [4.69, 9.17) is 15.5 Å². The zero-order valence-corrected chi connectivity index (χ0v) is 46.0. The van der Waals surface area contributed by atoms with Gasteiger partial charge in [-0.1, -0.05) is 6.42 Å². The van der Waals surface area contributed by atoms with Crippen LogP contribution in [0.2, 0.25) is 0 Å². The van der Waals surface area contributed by atoms with Crippen molar-refractivity contribution in [3.8, 4) is 0 Å². The Morgan fingerprint density at radius 2 is 0.721 bits per heavy atom. The lowest BCUT2D eigenvalue weighted by Gasteiger charge is -2.47. The summed E-state index contributed by atoms with van der Waals surface area (Å²) in [5, 5.41) is 50.0. The molecule has 0 amide bonds. The molecule has 4 aliphatic rings. The summed E-state index contributed by atoms with van der Waals surface area (Å²) in [6, 6.07) is 0. The van der Waals surface area contributed by atoms with Gasteiger partial charge in [-0.05, 0) is 124 Å². The van der Waals surface area contributed by atoms with Crippen molar-refractivity contribution >= 4 is 38.3 Å². The topological polar surface area (TPSA) is 327 Å². The summed E-state index contributed by atoms with van der Waals surface area (Å²) < 4.78 is 21.9. The van der Waals surface area contributed by atoms with Gasteiger partial charge in [0.2, 0.25) is 0 Å². The van der Waals surface area contributed by atoms with Crippen LogP contribution in [0.1, 0.15) is 181 Å². The van der Waals surface area contributed by atoms with Gasteiger partial charge in [-0.15, -0.1) is 0 Å². The SMILES string of the molecule is CC1(C)CC(=O)CC(C)(C)N1O.CC1(C)CC(=O)CC(C)(C)N1O.CC1(C)CC(=O)CC(C)(C)N1O.CC1(C)CC(=O)CC(C)(C)N1O.NCCNCCNC(CCCCP(=O)(O)O)P(=O)(O)O. The summed E-state index contributed by atoms with van der Waals surface area (Å²) in [4.78, 5) is 81.0. The Balaban J connectivity index is 0.000000839. The summed E-state index contributed by atoms with van der Waals surface area (Å²) >= 11 is 0. The second-order valence-electron chi connectivity index (χ2n) is 23.8. The number of carbonyl (C=O) groups is 4. The van der Waals surface area contributed by atoms with Crippen LogP contribution in [0.3, 0.4) is 0 Å². The highest BCUT2D eigenvalue weighted by molar-refractivity contribution is 7.52. The Bertz CT molecular complexity index is 1500. The van der Waals surface area contributed by atoms with E-state index in [1.807, 2.05) is 111 Å². The Hall–Kier alpha value is -1.46. The molecule has 0 radical (unpaired) electrons. The predicted molar refractivity (Wildman–Crippen MR) is 261 cm³/mol. The van der Waals surface area contributed by atoms with Crippen molar-refractivity contribution in [2.75, 3.05) is 32.3 Å². The number of hydrogen-bond donors (Lipinski definition) is 11. The van der Waals surface area contributed by atoms with Crippen LogP contribution in [0.15, 0.2) is 0 Å². The number of unbranched alkanes of at least 4 members (excludes halogenated alkanes) is 1. The van der Waals surface area contributed by atoms with E-state index in [0.717, 1.165) is 0 Å². The summed E-state index contributed by atoms with van der Waals surface area (Å²) in [5.41, 5.74) is 1.94. The molecule has 12 N–H and O–H groups in total. The molecular formula is C45H93N7O14P2. The largest absolute Gasteiger partial charge is 0.342 e. The molecule has 0 aromatic carbocycles. The molecule has 1 unspecified atom stereocenters. The summed E-state index contributed by atoms with van der Waals surface area (Å²) in [6.07, 6.45) is 3.97. The van der Waals surface area contributed by atoms with E-state index >= 15 is 0 Å². The first-order valence-corrected chi connectivity index (χ1v) is 26.9. The van der Waals surface area contributed by atoms with E-state index in [1.54, 1.807) is 0 Å². The van der Waals surface area contributed by atoms with Gasteiger partial charge in [0.05, 0.1) is 0 Å². The highest BCUT2D eigenvalue weighted by atomic mass is 31.2. The fraction of sp³-hybridized carbons (Fsp3) is 0.911. The minimum Gasteiger partial charge on any atom is -0.329 e. The van der Waals surface area contributed by atoms with Crippen LogP contribution in [-0.2, 0) is 28.3 Å². The molecule has 4 aliphatic heterocycles. The molecule has 0 aliphatic carbocycles. The first-order valence-electron chi connectivity index (χ1n) is 23.5. The van der Waals surface area contributed by atoms with Crippen LogP contribution in [0.5, 0.6) is 0 Å². The van der Waals surface area contributed by atoms with E-state index in [9.17, 15) is 58.9 Å². The van der Waals surface area contributed by atoms with Gasteiger partial charge in [-0.2, -0.15) is 20.3 Å². The minimum absolute atomic E-state index is 0.168. The van der Waals surface area contributed by atoms with Crippen LogP contribution in [0.25, 0.3) is 0 Å². The maximum Gasteiger partial charge on any atom is 0.342 e. The quantitative estimate of drug-likeness (QED) is 0.0865. The van der Waals surface area contributed by atoms with Gasteiger partial charge in [0.1, 0.15) is 28.9 Å². The molecule has 1 atom stereocenters. The van der Waals surface area contributed by atoms with Crippen molar-refractivity contribution in [3.63, 3.8) is 0 Å². The summed E-state index contributed by atoms with van der Waals surface area (Å²) in [6.45, 7) is 32.1. The molecule has 4 fully saturated rings. The maximum absolute atomic E-state index is 11.3. The number of nitrogens with one attached hydrogen (secondary N) is 2. The number of piperidine rings is 4. The molecule has 21 nitrogen and oxygen atoms in total. The average Bonchev–Trinajstić information content (AvgIpc) is 3.10. The smallest absolute Gasteiger partial charge is 0.329 e. The van der Waals surface area contributed by atoms with E-state index in [1.165, 1.54) is 20.3 Å². The maximum atomic E-state index is 11.3. The molecule has 4 saturated heterocycles. The fourth-order valence-electron chi connectivity index (χ4n) is 9.59. The van der Waals surface area contributed by atoms with Crippen LogP contribution < -0.4 is 16.4 Å². The van der Waals surface area contributed by atoms with Crippen molar-refractivity contribution in [1.82, 2.24) is 30.9 Å². The van der Waals surface area contributed by atoms with Gasteiger partial charge in [0.25, 0.3) is 0 Å². The predicted octanol–water partition coefficient (Wildman–Crippen LogP) is 5.37. The number of carbonyl (C=O) groups excluding carboxylic acids is 4. The molecule has 0 aromatic heterocycles. The first kappa shape index (κ1) is 66.5. The van der Waals surface area contributed by atoms with Gasteiger partial charge in [-0.25, -0.2) is 0 Å². The van der Waals surface area contributed by atoms with Gasteiger partial charge in [0.15, 0.2) is 0 Å². The zero-order chi connectivity index (χ0) is 53.9. The lowest BCUT2D eigenvalue weighted by Crippen LogP contribution is -2.59. The van der Waals surface area contributed by atoms with Crippen LogP contribution >= 0.6 is 15.2 Å². The number of ketones is 4. The average molecular weight is 1020 g/mol. The Kier molecular flexibility index (Phi) is 24.9. The Labute approximate surface area is 406 Å². The van der Waals surface area contributed by atoms with Crippen molar-refractivity contribution in [3.05, 3.63) is 0 Å². The third kappa shape index (κ3) is 22.5. The second-order valence-corrected chi connectivity index (χ2v) is 27.4. The number of Topliss-reactive ketones (excluding diaryl/α,β-unsaturated/α-hetero) is 4. The van der Waals surface area contributed by atoms with E-state index in [-0.39, 0.29) is 42.1 Å². The molecule has 402 valence electrons. The highest BCUT2D eigenvalue weighted by Gasteiger charge is 2.47. The second kappa shape index (κ2) is 25.5. The Morgan fingerprint density at radius 1 is 0.471 bits per heavy atom. The van der Waals surface area contributed by atoms with Gasteiger partial charge >= 0.3 is 15.2 Å². The van der Waals surface area contributed by atoms with E-state index in [0.29, 0.717) is 84.0 Å². The number of hydrogen-bond acceptors (Lipinski definition) is 17. The zero-order valence-electron chi connectivity index (χ0n) is 44.2. The van der Waals surface area contributed by atoms with Crippen molar-refractivity contribution < 1.29 is 68.7 Å². The van der Waals surface area contributed by atoms with Gasteiger partial charge in [0, 0.05) is 128 Å². The third-order valence-electron chi connectivity index (χ3n) is 12.2. The van der Waals surface area contributed by atoms with E-state index < -0.39 is 65.3 Å². The number of rotatable bonds is 12. The number of nitrogens with two attached hydrogens (primary N) is 1. The van der Waals surface area contributed by atoms with Crippen molar-refractivity contribution in [1.29, 1.82) is 0 Å². The van der Waals surface area contributed by atoms with E-state index in [2.05, 4.69) is 10.6 Å². The highest BCUT2D eigenvalue weighted by Crippen LogP contribution is 2.43. The molecule has 4 rings (SSSR count). The molecule has 23 heteroatoms. The summed E-state index contributed by atoms with van der Waals surface area (Å²) in [7, 11) is -8.31. The molecule has 0 bridgehead atoms. The lowest BCUT2D eigenvalue weighted by atomic mass is 9.81. The molecule has 68 heavy (non-hydrogen) atoms. The monoisotopic (exact) mass is 1020 g/mol. The lowest BCUT2D eigenvalue weighted by molar-refractivity contribution is -0.237. The Morgan fingerprint density at radius 3 is 0.926 bits per heavy atom. The molecule has 4 heterocycles. The molecule has 0 spiro atoms. The van der Waals surface area contributed by atoms with Crippen LogP contribution in [-0.4, -0.2) is 166 Å². The number of hydroxylamine groups is 8. The van der Waals surface area contributed by atoms with Crippen molar-refractivity contribution in [2.24, 2.45) is 5.73 Å².